The highest BCUT2D eigenvalue weighted by molar-refractivity contribution is 5.96. The third-order valence-corrected chi connectivity index (χ3v) is 3.94. The first kappa shape index (κ1) is 15.6. The lowest BCUT2D eigenvalue weighted by molar-refractivity contribution is 0.263. The molecule has 0 aliphatic heterocycles. The smallest absolute Gasteiger partial charge is 0.249 e. The molecular weight excluding hydrogens is 288 g/mol. The van der Waals surface area contributed by atoms with Gasteiger partial charge in [0.1, 0.15) is 12.4 Å². The zero-order valence-electron chi connectivity index (χ0n) is 13.6. The average molecular weight is 310 g/mol. The van der Waals surface area contributed by atoms with E-state index >= 15 is 0 Å². The molecule has 4 nitrogen and oxygen atoms in total. The highest BCUT2D eigenvalue weighted by atomic mass is 16.5. The van der Waals surface area contributed by atoms with Gasteiger partial charge >= 0.3 is 0 Å². The third-order valence-electron chi connectivity index (χ3n) is 3.94. The fourth-order valence-electron chi connectivity index (χ4n) is 2.76. The Morgan fingerprint density at radius 2 is 2.13 bits per heavy atom. The Kier molecular flexibility index (Phi) is 4.63. The Hall–Kier alpha value is -2.33. The summed E-state index contributed by atoms with van der Waals surface area (Å²) in [6.07, 6.45) is 8.51. The van der Waals surface area contributed by atoms with Crippen LogP contribution in [0.4, 0.5) is 0 Å². The number of allylic oxidation sites excluding steroid dienone is 4. The molecule has 2 aromatic rings. The summed E-state index contributed by atoms with van der Waals surface area (Å²) in [5, 5.41) is 1.02. The molecule has 120 valence electrons. The van der Waals surface area contributed by atoms with Crippen molar-refractivity contribution in [3.63, 3.8) is 0 Å². The molecule has 0 radical (unpaired) electrons. The Labute approximate surface area is 136 Å². The number of para-hydroxylation sites is 1. The van der Waals surface area contributed by atoms with Gasteiger partial charge in [-0.3, -0.25) is 4.79 Å². The average Bonchev–Trinajstić information content (AvgIpc) is 2.55. The van der Waals surface area contributed by atoms with Gasteiger partial charge in [-0.1, -0.05) is 30.4 Å². The van der Waals surface area contributed by atoms with Gasteiger partial charge in [0.2, 0.25) is 5.56 Å². The number of nitrogens with zero attached hydrogens (tertiary/aromatic N) is 1. The van der Waals surface area contributed by atoms with E-state index in [1.807, 2.05) is 32.3 Å². The number of aromatic nitrogens is 1. The topological polar surface area (TPSA) is 45.3 Å². The van der Waals surface area contributed by atoms with E-state index in [0.717, 1.165) is 47.2 Å². The molecule has 1 aliphatic carbocycles. The van der Waals surface area contributed by atoms with Gasteiger partial charge in [-0.15, -0.1) is 0 Å². The van der Waals surface area contributed by atoms with Gasteiger partial charge in [0.25, 0.3) is 0 Å². The second kappa shape index (κ2) is 6.84. The summed E-state index contributed by atoms with van der Waals surface area (Å²) in [6, 6.07) is 7.58. The number of aromatic amines is 1. The fourth-order valence-corrected chi connectivity index (χ4v) is 2.76. The van der Waals surface area contributed by atoms with Crippen LogP contribution in [-0.4, -0.2) is 37.1 Å². The summed E-state index contributed by atoms with van der Waals surface area (Å²) in [7, 11) is 4.02. The van der Waals surface area contributed by atoms with E-state index in [-0.39, 0.29) is 5.56 Å². The van der Waals surface area contributed by atoms with Crippen LogP contribution < -0.4 is 10.3 Å². The summed E-state index contributed by atoms with van der Waals surface area (Å²) >= 11 is 0. The van der Waals surface area contributed by atoms with Crippen LogP contribution in [0.25, 0.3) is 16.5 Å². The number of rotatable bonds is 5. The molecule has 1 N–H and O–H groups in total. The third kappa shape index (κ3) is 3.54. The summed E-state index contributed by atoms with van der Waals surface area (Å²) in [5.74, 6) is 0.726. The number of hydrogen-bond donors (Lipinski definition) is 1. The predicted octanol–water partition coefficient (Wildman–Crippen LogP) is 3.20. The minimum absolute atomic E-state index is 0.101. The van der Waals surface area contributed by atoms with Crippen molar-refractivity contribution in [3.05, 3.63) is 58.4 Å². The van der Waals surface area contributed by atoms with E-state index in [1.165, 1.54) is 0 Å². The minimum atomic E-state index is -0.101. The molecule has 23 heavy (non-hydrogen) atoms. The van der Waals surface area contributed by atoms with Crippen molar-refractivity contribution in [3.8, 4) is 5.75 Å². The Balaban J connectivity index is 2.04. The van der Waals surface area contributed by atoms with E-state index in [0.29, 0.717) is 6.61 Å². The van der Waals surface area contributed by atoms with E-state index < -0.39 is 0 Å². The SMILES string of the molecule is CN(C)CCOc1cccc2c(C3=CCCC=C3)cc(=O)[nH]c12. The first-order chi connectivity index (χ1) is 11.1. The maximum absolute atomic E-state index is 12.1. The molecule has 0 saturated carbocycles. The minimum Gasteiger partial charge on any atom is -0.490 e. The van der Waals surface area contributed by atoms with E-state index in [9.17, 15) is 4.79 Å². The number of likely N-dealkylation sites (N-methyl/N-ethyl adjacent to an activating group) is 1. The lowest BCUT2D eigenvalue weighted by atomic mass is 9.96. The van der Waals surface area contributed by atoms with Gasteiger partial charge in [0.15, 0.2) is 0 Å². The van der Waals surface area contributed by atoms with Crippen LogP contribution >= 0.6 is 0 Å². The van der Waals surface area contributed by atoms with Gasteiger partial charge in [0.05, 0.1) is 5.52 Å². The lowest BCUT2D eigenvalue weighted by Crippen LogP contribution is -2.19. The Morgan fingerprint density at radius 3 is 2.87 bits per heavy atom. The highest BCUT2D eigenvalue weighted by Gasteiger charge is 2.11. The molecule has 1 aromatic carbocycles. The molecule has 0 fully saturated rings. The van der Waals surface area contributed by atoms with Crippen LogP contribution in [0.5, 0.6) is 5.75 Å². The van der Waals surface area contributed by atoms with Crippen LogP contribution in [0.2, 0.25) is 0 Å². The zero-order chi connectivity index (χ0) is 16.2. The summed E-state index contributed by atoms with van der Waals surface area (Å²) in [6.45, 7) is 1.41. The monoisotopic (exact) mass is 310 g/mol. The van der Waals surface area contributed by atoms with Crippen LogP contribution in [0.15, 0.2) is 47.3 Å². The van der Waals surface area contributed by atoms with Crippen LogP contribution in [0, 0.1) is 0 Å². The molecule has 0 bridgehead atoms. The van der Waals surface area contributed by atoms with Crippen molar-refractivity contribution < 1.29 is 4.74 Å². The van der Waals surface area contributed by atoms with Crippen LogP contribution in [0.3, 0.4) is 0 Å². The standard InChI is InChI=1S/C19H22N2O2/c1-21(2)11-12-23-17-10-6-9-15-16(13-18(22)20-19(15)17)14-7-4-3-5-8-14/h4,6-10,13H,3,5,11-12H2,1-2H3,(H,20,22). The van der Waals surface area contributed by atoms with Crippen molar-refractivity contribution >= 4 is 16.5 Å². The van der Waals surface area contributed by atoms with Crippen molar-refractivity contribution in [2.75, 3.05) is 27.2 Å². The number of pyridine rings is 1. The first-order valence-corrected chi connectivity index (χ1v) is 7.96. The largest absolute Gasteiger partial charge is 0.490 e. The van der Waals surface area contributed by atoms with Gasteiger partial charge in [-0.25, -0.2) is 0 Å². The first-order valence-electron chi connectivity index (χ1n) is 7.96. The van der Waals surface area contributed by atoms with Gasteiger partial charge < -0.3 is 14.6 Å². The molecule has 1 aliphatic rings. The molecule has 0 unspecified atom stereocenters. The van der Waals surface area contributed by atoms with Crippen LogP contribution in [0.1, 0.15) is 18.4 Å². The number of H-pyrrole nitrogens is 1. The second-order valence-electron chi connectivity index (χ2n) is 6.02. The lowest BCUT2D eigenvalue weighted by Gasteiger charge is -2.14. The summed E-state index contributed by atoms with van der Waals surface area (Å²) in [5.41, 5.74) is 2.75. The van der Waals surface area contributed by atoms with Crippen molar-refractivity contribution in [2.45, 2.75) is 12.8 Å². The number of benzene rings is 1. The number of hydrogen-bond acceptors (Lipinski definition) is 3. The molecule has 0 atom stereocenters. The molecular formula is C19H22N2O2. The van der Waals surface area contributed by atoms with E-state index in [2.05, 4.69) is 28.1 Å². The zero-order valence-corrected chi connectivity index (χ0v) is 13.6. The van der Waals surface area contributed by atoms with Crippen LogP contribution in [-0.2, 0) is 0 Å². The molecule has 1 aromatic heterocycles. The molecule has 0 amide bonds. The Bertz CT molecular complexity index is 816. The molecule has 1 heterocycles. The quantitative estimate of drug-likeness (QED) is 0.922. The molecule has 0 spiro atoms. The maximum atomic E-state index is 12.1. The fraction of sp³-hybridized carbons (Fsp3) is 0.316. The van der Waals surface area contributed by atoms with Crippen molar-refractivity contribution in [1.29, 1.82) is 0 Å². The Morgan fingerprint density at radius 1 is 1.26 bits per heavy atom. The maximum Gasteiger partial charge on any atom is 0.249 e. The molecule has 4 heteroatoms. The molecule has 3 rings (SSSR count). The number of nitrogens with one attached hydrogen (secondary N) is 1. The van der Waals surface area contributed by atoms with Crippen molar-refractivity contribution in [1.82, 2.24) is 9.88 Å². The normalized spacial score (nSPS) is 14.3. The second-order valence-corrected chi connectivity index (χ2v) is 6.02. The molecule has 0 saturated heterocycles. The number of fused-ring (bicyclic) bond motifs is 1. The predicted molar refractivity (Wildman–Crippen MR) is 95.0 cm³/mol. The summed E-state index contributed by atoms with van der Waals surface area (Å²) in [4.78, 5) is 17.1. The van der Waals surface area contributed by atoms with Gasteiger partial charge in [-0.2, -0.15) is 0 Å². The van der Waals surface area contributed by atoms with Crippen molar-refractivity contribution in [2.24, 2.45) is 0 Å². The van der Waals surface area contributed by atoms with E-state index in [4.69, 9.17) is 4.74 Å². The van der Waals surface area contributed by atoms with E-state index in [1.54, 1.807) is 6.07 Å². The van der Waals surface area contributed by atoms with Gasteiger partial charge in [0, 0.05) is 18.0 Å². The van der Waals surface area contributed by atoms with Gasteiger partial charge in [-0.05, 0) is 44.1 Å². The summed E-state index contributed by atoms with van der Waals surface area (Å²) < 4.78 is 5.88. The number of ether oxygens (including phenoxy) is 1. The highest BCUT2D eigenvalue weighted by Crippen LogP contribution is 2.30.